The zero-order chi connectivity index (χ0) is 38.6. The molecule has 19 heteroatoms. The number of esters is 5. The molecule has 0 spiro atoms. The molecule has 0 heterocycles. The molecule has 1 aliphatic carbocycles. The number of hydrogen-bond acceptors (Lipinski definition) is 10. The standard InChI is InChI=1S/C21H28F6O8.C9H15F3O2.4CH4/c1-4-19(2,3)18(31)33-8-7-32-17(30)14-9-12(15(28)34-10-20(22,23)24)5-6-13(14)16(29)35-11-21(25,26)27;1-5-8(3,4)7(13)14-6(2)9(10,11)12;;;;/h12-14H,4-11H2,1-3H3;6H,5H2,1-4H3;4*1H4. The van der Waals surface area contributed by atoms with Crippen LogP contribution < -0.4 is 0 Å². The van der Waals surface area contributed by atoms with E-state index in [1.54, 1.807) is 41.5 Å². The molecule has 0 bridgehead atoms. The van der Waals surface area contributed by atoms with Gasteiger partial charge in [-0.1, -0.05) is 43.6 Å². The van der Waals surface area contributed by atoms with Crippen LogP contribution in [0.15, 0.2) is 0 Å². The third-order valence-corrected chi connectivity index (χ3v) is 7.72. The lowest BCUT2D eigenvalue weighted by Gasteiger charge is -2.32. The van der Waals surface area contributed by atoms with E-state index in [1.807, 2.05) is 0 Å². The molecule has 0 aromatic carbocycles. The Bertz CT molecular complexity index is 1120. The number of halogens is 9. The number of hydrogen-bond donors (Lipinski definition) is 0. The lowest BCUT2D eigenvalue weighted by molar-refractivity contribution is -0.221. The molecule has 0 N–H and O–H groups in total. The SMILES string of the molecule is C.C.C.C.CCC(C)(C)C(=O)OC(C)C(F)(F)F.CCC(C)(C)C(=O)OCCOC(=O)C1CC(C(=O)OCC(F)(F)F)CCC1C(=O)OCC(F)(F)F. The molecule has 10 nitrogen and oxygen atoms in total. The van der Waals surface area contributed by atoms with E-state index < -0.39 is 109 Å². The highest BCUT2D eigenvalue weighted by atomic mass is 19.4. The molecule has 4 unspecified atom stereocenters. The summed E-state index contributed by atoms with van der Waals surface area (Å²) in [5, 5.41) is 0. The molecule has 0 saturated heterocycles. The van der Waals surface area contributed by atoms with Crippen LogP contribution in [0.3, 0.4) is 0 Å². The van der Waals surface area contributed by atoms with Crippen molar-refractivity contribution in [3.63, 3.8) is 0 Å². The average molecular weight is 799 g/mol. The van der Waals surface area contributed by atoms with Crippen LogP contribution in [0, 0.1) is 28.6 Å². The van der Waals surface area contributed by atoms with E-state index in [2.05, 4.69) is 14.2 Å². The fourth-order valence-corrected chi connectivity index (χ4v) is 3.71. The van der Waals surface area contributed by atoms with Crippen LogP contribution in [0.5, 0.6) is 0 Å². The summed E-state index contributed by atoms with van der Waals surface area (Å²) in [6.07, 6.45) is -16.2. The van der Waals surface area contributed by atoms with Gasteiger partial charge in [0.05, 0.1) is 28.6 Å². The second kappa shape index (κ2) is 24.2. The van der Waals surface area contributed by atoms with Crippen molar-refractivity contribution in [2.45, 2.75) is 135 Å². The minimum absolute atomic E-state index is 0. The summed E-state index contributed by atoms with van der Waals surface area (Å²) >= 11 is 0. The fourth-order valence-electron chi connectivity index (χ4n) is 3.71. The van der Waals surface area contributed by atoms with Crippen molar-refractivity contribution >= 4 is 29.8 Å². The summed E-state index contributed by atoms with van der Waals surface area (Å²) in [6, 6.07) is 0. The van der Waals surface area contributed by atoms with Gasteiger partial charge < -0.3 is 23.7 Å². The second-order valence-electron chi connectivity index (χ2n) is 12.5. The fraction of sp³-hybridized carbons (Fsp3) is 0.853. The van der Waals surface area contributed by atoms with Gasteiger partial charge in [-0.05, 0) is 66.7 Å². The molecule has 0 aromatic heterocycles. The Morgan fingerprint density at radius 3 is 1.40 bits per heavy atom. The van der Waals surface area contributed by atoms with E-state index in [0.717, 1.165) is 6.92 Å². The van der Waals surface area contributed by atoms with Crippen LogP contribution >= 0.6 is 0 Å². The predicted octanol–water partition coefficient (Wildman–Crippen LogP) is 9.21. The zero-order valence-electron chi connectivity index (χ0n) is 28.2. The van der Waals surface area contributed by atoms with Crippen LogP contribution in [0.4, 0.5) is 39.5 Å². The summed E-state index contributed by atoms with van der Waals surface area (Å²) in [6.45, 7) is 6.14. The van der Waals surface area contributed by atoms with Crippen molar-refractivity contribution in [1.82, 2.24) is 0 Å². The second-order valence-corrected chi connectivity index (χ2v) is 12.5. The average Bonchev–Trinajstić information content (AvgIpc) is 2.99. The summed E-state index contributed by atoms with van der Waals surface area (Å²) in [7, 11) is 0. The number of carbonyl (C=O) groups excluding carboxylic acids is 5. The molecule has 1 rings (SSSR count). The molecule has 1 aliphatic rings. The Morgan fingerprint density at radius 1 is 0.585 bits per heavy atom. The van der Waals surface area contributed by atoms with E-state index in [-0.39, 0.29) is 49.2 Å². The molecular formula is C34H59F9O10. The highest BCUT2D eigenvalue weighted by molar-refractivity contribution is 5.84. The van der Waals surface area contributed by atoms with Gasteiger partial charge in [-0.25, -0.2) is 0 Å². The van der Waals surface area contributed by atoms with Gasteiger partial charge in [0.2, 0.25) is 0 Å². The topological polar surface area (TPSA) is 132 Å². The smallest absolute Gasteiger partial charge is 0.425 e. The van der Waals surface area contributed by atoms with Gasteiger partial charge >= 0.3 is 48.4 Å². The molecule has 4 atom stereocenters. The minimum atomic E-state index is -4.82. The van der Waals surface area contributed by atoms with Gasteiger partial charge in [0.25, 0.3) is 0 Å². The van der Waals surface area contributed by atoms with Crippen LogP contribution in [0.2, 0.25) is 0 Å². The maximum atomic E-state index is 12.6. The quantitative estimate of drug-likeness (QED) is 0.0769. The summed E-state index contributed by atoms with van der Waals surface area (Å²) in [5.41, 5.74) is -1.65. The molecule has 0 amide bonds. The van der Waals surface area contributed by atoms with Gasteiger partial charge in [0.1, 0.15) is 13.2 Å². The number of alkyl halides is 9. The van der Waals surface area contributed by atoms with Crippen molar-refractivity contribution in [1.29, 1.82) is 0 Å². The third-order valence-electron chi connectivity index (χ3n) is 7.72. The van der Waals surface area contributed by atoms with Gasteiger partial charge in [-0.3, -0.25) is 24.0 Å². The lowest BCUT2D eigenvalue weighted by atomic mass is 9.74. The van der Waals surface area contributed by atoms with E-state index >= 15 is 0 Å². The molecule has 1 saturated carbocycles. The summed E-state index contributed by atoms with van der Waals surface area (Å²) in [4.78, 5) is 59.9. The first-order chi connectivity index (χ1) is 22.1. The van der Waals surface area contributed by atoms with Crippen molar-refractivity contribution < 1.29 is 87.2 Å². The summed E-state index contributed by atoms with van der Waals surface area (Å²) < 4.78 is 133. The van der Waals surface area contributed by atoms with Crippen molar-refractivity contribution in [3.05, 3.63) is 0 Å². The normalized spacial score (nSPS) is 17.9. The Balaban J connectivity index is -0.000000364. The van der Waals surface area contributed by atoms with Crippen LogP contribution in [0.25, 0.3) is 0 Å². The highest BCUT2D eigenvalue weighted by Gasteiger charge is 2.45. The van der Waals surface area contributed by atoms with Gasteiger partial charge in [-0.2, -0.15) is 39.5 Å². The highest BCUT2D eigenvalue weighted by Crippen LogP contribution is 2.37. The Morgan fingerprint density at radius 2 is 0.981 bits per heavy atom. The molecular weight excluding hydrogens is 739 g/mol. The van der Waals surface area contributed by atoms with Crippen molar-refractivity contribution in [3.8, 4) is 0 Å². The maximum Gasteiger partial charge on any atom is 0.425 e. The Labute approximate surface area is 307 Å². The first kappa shape index (κ1) is 59.0. The van der Waals surface area contributed by atoms with E-state index in [0.29, 0.717) is 12.8 Å². The van der Waals surface area contributed by atoms with E-state index in [4.69, 9.17) is 9.47 Å². The first-order valence-electron chi connectivity index (χ1n) is 15.2. The van der Waals surface area contributed by atoms with Crippen molar-refractivity contribution in [2.24, 2.45) is 28.6 Å². The number of rotatable bonds is 13. The zero-order valence-corrected chi connectivity index (χ0v) is 28.2. The van der Waals surface area contributed by atoms with E-state index in [9.17, 15) is 63.5 Å². The van der Waals surface area contributed by atoms with Gasteiger partial charge in [0.15, 0.2) is 19.3 Å². The number of carbonyl (C=O) groups is 5. The van der Waals surface area contributed by atoms with Gasteiger partial charge in [0, 0.05) is 0 Å². The molecule has 0 aromatic rings. The van der Waals surface area contributed by atoms with Crippen LogP contribution in [-0.2, 0) is 47.7 Å². The third kappa shape index (κ3) is 22.5. The molecule has 53 heavy (non-hydrogen) atoms. The Kier molecular flexibility index (Phi) is 26.9. The largest absolute Gasteiger partial charge is 0.462 e. The van der Waals surface area contributed by atoms with Gasteiger partial charge in [-0.15, -0.1) is 0 Å². The monoisotopic (exact) mass is 798 g/mol. The molecule has 0 radical (unpaired) electrons. The number of ether oxygens (including phenoxy) is 5. The molecule has 1 fully saturated rings. The Hall–Kier alpha value is -3.28. The van der Waals surface area contributed by atoms with E-state index in [1.165, 1.54) is 0 Å². The van der Waals surface area contributed by atoms with Crippen LogP contribution in [0.1, 0.15) is 110 Å². The lowest BCUT2D eigenvalue weighted by Crippen LogP contribution is -2.41. The molecule has 318 valence electrons. The minimum Gasteiger partial charge on any atom is -0.462 e. The van der Waals surface area contributed by atoms with Crippen molar-refractivity contribution in [2.75, 3.05) is 26.4 Å². The van der Waals surface area contributed by atoms with Crippen LogP contribution in [-0.4, -0.2) is 80.9 Å². The predicted molar refractivity (Wildman–Crippen MR) is 177 cm³/mol. The molecule has 0 aliphatic heterocycles. The summed E-state index contributed by atoms with van der Waals surface area (Å²) in [5.74, 6) is -9.21. The maximum absolute atomic E-state index is 12.6. The first-order valence-corrected chi connectivity index (χ1v) is 15.2.